The Morgan fingerprint density at radius 1 is 1.00 bits per heavy atom. The van der Waals surface area contributed by atoms with E-state index >= 15 is 0 Å². The Labute approximate surface area is 153 Å². The highest BCUT2D eigenvalue weighted by Gasteiger charge is 2.39. The Bertz CT molecular complexity index is 328. The summed E-state index contributed by atoms with van der Waals surface area (Å²) in [5.41, 5.74) is 0. The second-order valence-corrected chi connectivity index (χ2v) is 18.3. The van der Waals surface area contributed by atoms with E-state index in [-0.39, 0.29) is 17.7 Å². The third-order valence-electron chi connectivity index (χ3n) is 6.13. The minimum atomic E-state index is -1.72. The number of hydrogen-bond acceptors (Lipinski definition) is 3. The Kier molecular flexibility index (Phi) is 10.6. The second kappa shape index (κ2) is 10.5. The van der Waals surface area contributed by atoms with E-state index < -0.39 is 16.6 Å². The number of aliphatic hydroxyl groups is 1. The highest BCUT2D eigenvalue weighted by molar-refractivity contribution is 6.74. The van der Waals surface area contributed by atoms with E-state index in [4.69, 9.17) is 8.85 Å². The van der Waals surface area contributed by atoms with Gasteiger partial charge in [-0.2, -0.15) is 0 Å². The zero-order chi connectivity index (χ0) is 19.0. The molecule has 3 nitrogen and oxygen atoms in total. The zero-order valence-corrected chi connectivity index (χ0v) is 19.9. The summed E-state index contributed by atoms with van der Waals surface area (Å²) in [4.78, 5) is 0. The monoisotopic (exact) mass is 376 g/mol. The molecule has 146 valence electrons. The lowest BCUT2D eigenvalue weighted by atomic mass is 10.0. The van der Waals surface area contributed by atoms with Gasteiger partial charge in [0.05, 0.1) is 0 Å². The maximum Gasteiger partial charge on any atom is 0.192 e. The van der Waals surface area contributed by atoms with Gasteiger partial charge in [0.1, 0.15) is 0 Å². The van der Waals surface area contributed by atoms with Gasteiger partial charge in [-0.25, -0.2) is 0 Å². The number of rotatable bonds is 12. The molecule has 0 radical (unpaired) electrons. The Balaban J connectivity index is 4.98. The van der Waals surface area contributed by atoms with Crippen LogP contribution in [0, 0.1) is 5.92 Å². The molecule has 0 rings (SSSR count). The van der Waals surface area contributed by atoms with Gasteiger partial charge in [-0.3, -0.25) is 0 Å². The first-order valence-corrected chi connectivity index (χ1v) is 15.3. The zero-order valence-electron chi connectivity index (χ0n) is 17.9. The van der Waals surface area contributed by atoms with Crippen LogP contribution in [0.4, 0.5) is 0 Å². The molecular formula is C19H44O3Si2. The van der Waals surface area contributed by atoms with Crippen molar-refractivity contribution in [2.75, 3.05) is 13.2 Å². The molecule has 0 amide bonds. The molecule has 0 aliphatic heterocycles. The minimum Gasteiger partial charge on any atom is -0.416 e. The van der Waals surface area contributed by atoms with E-state index in [0.717, 1.165) is 19.4 Å². The van der Waals surface area contributed by atoms with Crippen molar-refractivity contribution in [3.05, 3.63) is 0 Å². The highest BCUT2D eigenvalue weighted by Crippen LogP contribution is 2.37. The fourth-order valence-corrected chi connectivity index (χ4v) is 6.84. The minimum absolute atomic E-state index is 0.216. The van der Waals surface area contributed by atoms with Crippen molar-refractivity contribution < 1.29 is 14.0 Å². The lowest BCUT2D eigenvalue weighted by Crippen LogP contribution is -2.45. The average Bonchev–Trinajstić information content (AvgIpc) is 2.52. The van der Waals surface area contributed by atoms with Crippen molar-refractivity contribution in [1.82, 2.24) is 0 Å². The molecule has 0 saturated heterocycles. The van der Waals surface area contributed by atoms with Crippen molar-refractivity contribution in [2.45, 2.75) is 104 Å². The average molecular weight is 377 g/mol. The summed E-state index contributed by atoms with van der Waals surface area (Å²) >= 11 is 0. The van der Waals surface area contributed by atoms with Crippen LogP contribution >= 0.6 is 0 Å². The highest BCUT2D eigenvalue weighted by atomic mass is 28.4. The van der Waals surface area contributed by atoms with Crippen LogP contribution < -0.4 is 0 Å². The number of aliphatic hydroxyl groups excluding tert-OH is 1. The summed E-state index contributed by atoms with van der Waals surface area (Å²) in [6, 6.07) is 3.52. The van der Waals surface area contributed by atoms with Crippen LogP contribution in [0.2, 0.25) is 36.3 Å². The van der Waals surface area contributed by atoms with Crippen LogP contribution in [0.3, 0.4) is 0 Å². The predicted molar refractivity (Wildman–Crippen MR) is 111 cm³/mol. The van der Waals surface area contributed by atoms with Crippen molar-refractivity contribution >= 4 is 16.6 Å². The fourth-order valence-electron chi connectivity index (χ4n) is 2.74. The maximum atomic E-state index is 9.26. The molecule has 0 fully saturated rings. The molecule has 0 saturated carbocycles. The molecular weight excluding hydrogens is 332 g/mol. The van der Waals surface area contributed by atoms with E-state index in [9.17, 15) is 5.11 Å². The van der Waals surface area contributed by atoms with E-state index in [1.54, 1.807) is 0 Å². The number of hydrogen-bond donors (Lipinski definition) is 1. The van der Waals surface area contributed by atoms with Gasteiger partial charge in [0.2, 0.25) is 0 Å². The molecule has 0 aromatic rings. The van der Waals surface area contributed by atoms with Gasteiger partial charge in [0.25, 0.3) is 0 Å². The first-order valence-electron chi connectivity index (χ1n) is 9.91. The van der Waals surface area contributed by atoms with Crippen LogP contribution in [0.15, 0.2) is 0 Å². The SMILES string of the molecule is CC[Si](CC)(CC)O[C@H](CCCO)[C@@H](C)CO[Si](C)(C)C(C)(C)C. The molecule has 0 unspecified atom stereocenters. The summed E-state index contributed by atoms with van der Waals surface area (Å²) in [7, 11) is -3.35. The van der Waals surface area contributed by atoms with E-state index in [0.29, 0.717) is 5.92 Å². The van der Waals surface area contributed by atoms with Crippen LogP contribution in [-0.2, 0) is 8.85 Å². The third-order valence-corrected chi connectivity index (χ3v) is 15.3. The summed E-state index contributed by atoms with van der Waals surface area (Å²) in [6.07, 6.45) is 1.97. The van der Waals surface area contributed by atoms with Gasteiger partial charge < -0.3 is 14.0 Å². The Hall–Kier alpha value is 0.314. The van der Waals surface area contributed by atoms with Gasteiger partial charge in [0, 0.05) is 25.2 Å². The van der Waals surface area contributed by atoms with Crippen molar-refractivity contribution in [3.63, 3.8) is 0 Å². The summed E-state index contributed by atoms with van der Waals surface area (Å²) in [5.74, 6) is 0.377. The quantitative estimate of drug-likeness (QED) is 0.437. The molecule has 5 heteroatoms. The van der Waals surface area contributed by atoms with Gasteiger partial charge >= 0.3 is 0 Å². The standard InChI is InChI=1S/C19H44O3Si2/c1-10-24(11-2,12-3)22-18(14-13-15-20)17(4)16-21-23(8,9)19(5,6)7/h17-18,20H,10-16H2,1-9H3/t17-,18+/m0/s1. The summed E-state index contributed by atoms with van der Waals surface area (Å²) in [5, 5.41) is 9.50. The van der Waals surface area contributed by atoms with Gasteiger partial charge in [-0.1, -0.05) is 48.5 Å². The molecule has 0 heterocycles. The van der Waals surface area contributed by atoms with E-state index in [1.165, 1.54) is 18.1 Å². The Morgan fingerprint density at radius 2 is 1.50 bits per heavy atom. The van der Waals surface area contributed by atoms with Crippen molar-refractivity contribution in [3.8, 4) is 0 Å². The van der Waals surface area contributed by atoms with Gasteiger partial charge in [0.15, 0.2) is 16.6 Å². The molecule has 0 bridgehead atoms. The first kappa shape index (κ1) is 24.3. The van der Waals surface area contributed by atoms with Crippen LogP contribution in [0.1, 0.15) is 61.3 Å². The topological polar surface area (TPSA) is 38.7 Å². The lowest BCUT2D eigenvalue weighted by molar-refractivity contribution is 0.0776. The first-order chi connectivity index (χ1) is 11.0. The van der Waals surface area contributed by atoms with Gasteiger partial charge in [-0.05, 0) is 49.1 Å². The molecule has 24 heavy (non-hydrogen) atoms. The molecule has 0 spiro atoms. The van der Waals surface area contributed by atoms with E-state index in [2.05, 4.69) is 61.6 Å². The van der Waals surface area contributed by atoms with Crippen LogP contribution in [0.25, 0.3) is 0 Å². The lowest BCUT2D eigenvalue weighted by Gasteiger charge is -2.40. The maximum absolute atomic E-state index is 9.26. The largest absolute Gasteiger partial charge is 0.416 e. The van der Waals surface area contributed by atoms with Gasteiger partial charge in [-0.15, -0.1) is 0 Å². The smallest absolute Gasteiger partial charge is 0.192 e. The predicted octanol–water partition coefficient (Wildman–Crippen LogP) is 5.81. The normalized spacial score (nSPS) is 16.2. The Morgan fingerprint density at radius 3 is 1.88 bits per heavy atom. The second-order valence-electron chi connectivity index (χ2n) is 8.81. The summed E-state index contributed by atoms with van der Waals surface area (Å²) in [6.45, 7) is 21.6. The fraction of sp³-hybridized carbons (Fsp3) is 1.00. The third kappa shape index (κ3) is 7.28. The molecule has 0 aliphatic rings. The molecule has 1 N–H and O–H groups in total. The summed E-state index contributed by atoms with van der Waals surface area (Å²) < 4.78 is 13.2. The molecule has 0 aliphatic carbocycles. The van der Waals surface area contributed by atoms with Crippen LogP contribution in [-0.4, -0.2) is 41.1 Å². The van der Waals surface area contributed by atoms with E-state index in [1.807, 2.05) is 0 Å². The van der Waals surface area contributed by atoms with Crippen molar-refractivity contribution in [1.29, 1.82) is 0 Å². The van der Waals surface area contributed by atoms with Crippen LogP contribution in [0.5, 0.6) is 0 Å². The van der Waals surface area contributed by atoms with Crippen molar-refractivity contribution in [2.24, 2.45) is 5.92 Å². The molecule has 2 atom stereocenters. The molecule has 0 aromatic heterocycles. The molecule has 0 aromatic carbocycles.